The zero-order valence-electron chi connectivity index (χ0n) is 9.28. The molecule has 1 saturated heterocycles. The van der Waals surface area contributed by atoms with Crippen molar-refractivity contribution < 1.29 is 4.39 Å². The van der Waals surface area contributed by atoms with Gasteiger partial charge in [0.25, 0.3) is 0 Å². The van der Waals surface area contributed by atoms with E-state index < -0.39 is 0 Å². The van der Waals surface area contributed by atoms with Crippen LogP contribution in [-0.2, 0) is 0 Å². The van der Waals surface area contributed by atoms with Gasteiger partial charge in [0.05, 0.1) is 12.3 Å². The van der Waals surface area contributed by atoms with E-state index in [0.717, 1.165) is 26.2 Å². The highest BCUT2D eigenvalue weighted by Gasteiger charge is 2.17. The highest BCUT2D eigenvalue weighted by Crippen LogP contribution is 2.25. The lowest BCUT2D eigenvalue weighted by molar-refractivity contribution is 0.311. The molecule has 0 spiro atoms. The van der Waals surface area contributed by atoms with Crippen LogP contribution in [0.5, 0.6) is 0 Å². The molecule has 2 rings (SSSR count). The Morgan fingerprint density at radius 3 is 2.56 bits per heavy atom. The molecule has 0 radical (unpaired) electrons. The lowest BCUT2D eigenvalue weighted by Crippen LogP contribution is -2.44. The van der Waals surface area contributed by atoms with E-state index in [9.17, 15) is 4.39 Å². The molecule has 4 heteroatoms. The van der Waals surface area contributed by atoms with Crippen molar-refractivity contribution in [3.63, 3.8) is 0 Å². The summed E-state index contributed by atoms with van der Waals surface area (Å²) in [4.78, 5) is 7.55. The molecule has 0 bridgehead atoms. The maximum absolute atomic E-state index is 13.6. The predicted octanol–water partition coefficient (Wildman–Crippen LogP) is 2.13. The van der Waals surface area contributed by atoms with Crippen molar-refractivity contribution in [2.24, 2.45) is 0 Å². The minimum atomic E-state index is -0.239. The van der Waals surface area contributed by atoms with Crippen LogP contribution in [0.1, 0.15) is 0 Å². The fourth-order valence-electron chi connectivity index (χ4n) is 1.86. The van der Waals surface area contributed by atoms with Crippen LogP contribution >= 0.6 is 0 Å². The lowest BCUT2D eigenvalue weighted by Gasteiger charge is -2.34. The van der Waals surface area contributed by atoms with E-state index in [2.05, 4.69) is 16.8 Å². The van der Waals surface area contributed by atoms with Gasteiger partial charge in [0, 0.05) is 26.2 Å². The molecule has 84 valence electrons. The van der Waals surface area contributed by atoms with Crippen molar-refractivity contribution >= 4 is 11.4 Å². The molecule has 1 fully saturated rings. The summed E-state index contributed by atoms with van der Waals surface area (Å²) in [5.74, 6) is -0.239. The third-order valence-corrected chi connectivity index (χ3v) is 2.90. The maximum Gasteiger partial charge on any atom is 0.189 e. The Kier molecular flexibility index (Phi) is 3.07. The van der Waals surface area contributed by atoms with Gasteiger partial charge >= 0.3 is 0 Å². The number of rotatable bonds is 1. The Bertz CT molecular complexity index is 417. The number of hydrogen-bond donors (Lipinski definition) is 0. The van der Waals surface area contributed by atoms with Crippen LogP contribution < -0.4 is 4.90 Å². The first-order valence-electron chi connectivity index (χ1n) is 5.31. The molecular formula is C12H14FN3. The highest BCUT2D eigenvalue weighted by molar-refractivity contribution is 5.59. The Labute approximate surface area is 94.9 Å². The monoisotopic (exact) mass is 219 g/mol. The Morgan fingerprint density at radius 1 is 1.25 bits per heavy atom. The van der Waals surface area contributed by atoms with Crippen LogP contribution in [0.25, 0.3) is 4.85 Å². The summed E-state index contributed by atoms with van der Waals surface area (Å²) in [6.45, 7) is 10.4. The van der Waals surface area contributed by atoms with E-state index in [1.165, 1.54) is 12.1 Å². The molecule has 1 aliphatic rings. The number of piperazine rings is 1. The van der Waals surface area contributed by atoms with Crippen LogP contribution in [0.15, 0.2) is 18.2 Å². The number of nitrogens with zero attached hydrogens (tertiary/aromatic N) is 3. The summed E-state index contributed by atoms with van der Waals surface area (Å²) in [6.07, 6.45) is 0. The highest BCUT2D eigenvalue weighted by atomic mass is 19.1. The van der Waals surface area contributed by atoms with Crippen LogP contribution in [0.2, 0.25) is 0 Å². The van der Waals surface area contributed by atoms with Crippen LogP contribution in [0, 0.1) is 12.4 Å². The number of halogens is 1. The molecule has 16 heavy (non-hydrogen) atoms. The number of anilines is 1. The number of likely N-dealkylation sites (N-methyl/N-ethyl adjacent to an activating group) is 1. The van der Waals surface area contributed by atoms with Crippen LogP contribution in [-0.4, -0.2) is 38.1 Å². The summed E-state index contributed by atoms with van der Waals surface area (Å²) in [6, 6.07) is 4.52. The van der Waals surface area contributed by atoms with Gasteiger partial charge in [0.1, 0.15) is 5.82 Å². The van der Waals surface area contributed by atoms with E-state index >= 15 is 0 Å². The van der Waals surface area contributed by atoms with E-state index in [-0.39, 0.29) is 5.82 Å². The fourth-order valence-corrected chi connectivity index (χ4v) is 1.86. The molecule has 0 unspecified atom stereocenters. The molecule has 1 aliphatic heterocycles. The fraction of sp³-hybridized carbons (Fsp3) is 0.417. The van der Waals surface area contributed by atoms with Gasteiger partial charge in [-0.1, -0.05) is 6.07 Å². The zero-order chi connectivity index (χ0) is 11.5. The molecule has 1 heterocycles. The van der Waals surface area contributed by atoms with Gasteiger partial charge in [-0.2, -0.15) is 0 Å². The van der Waals surface area contributed by atoms with E-state index in [1.807, 2.05) is 4.90 Å². The maximum atomic E-state index is 13.6. The SMILES string of the molecule is [C-]#[N+]c1ccc(F)c(N2CCN(C)CC2)c1. The second-order valence-corrected chi connectivity index (χ2v) is 4.04. The zero-order valence-corrected chi connectivity index (χ0v) is 9.28. The third-order valence-electron chi connectivity index (χ3n) is 2.90. The summed E-state index contributed by atoms with van der Waals surface area (Å²) < 4.78 is 13.6. The second kappa shape index (κ2) is 4.50. The van der Waals surface area contributed by atoms with Gasteiger partial charge in [-0.3, -0.25) is 0 Å². The smallest absolute Gasteiger partial charge is 0.189 e. The van der Waals surface area contributed by atoms with Crippen molar-refractivity contribution in [1.29, 1.82) is 0 Å². The molecule has 0 saturated carbocycles. The molecule has 1 aromatic carbocycles. The Hall–Kier alpha value is -1.60. The molecule has 0 amide bonds. The van der Waals surface area contributed by atoms with E-state index in [4.69, 9.17) is 6.57 Å². The molecule has 0 N–H and O–H groups in total. The summed E-state index contributed by atoms with van der Waals surface area (Å²) >= 11 is 0. The van der Waals surface area contributed by atoms with Crippen molar-refractivity contribution in [3.8, 4) is 0 Å². The number of benzene rings is 1. The molecule has 0 atom stereocenters. The Morgan fingerprint density at radius 2 is 1.94 bits per heavy atom. The first kappa shape index (κ1) is 10.9. The van der Waals surface area contributed by atoms with Crippen molar-refractivity contribution in [3.05, 3.63) is 35.4 Å². The molecule has 3 nitrogen and oxygen atoms in total. The number of hydrogen-bond acceptors (Lipinski definition) is 2. The molecular weight excluding hydrogens is 205 g/mol. The van der Waals surface area contributed by atoms with Gasteiger partial charge in [-0.25, -0.2) is 9.24 Å². The summed E-state index contributed by atoms with van der Waals surface area (Å²) in [7, 11) is 2.06. The van der Waals surface area contributed by atoms with Crippen molar-refractivity contribution in [1.82, 2.24) is 4.90 Å². The van der Waals surface area contributed by atoms with Gasteiger partial charge in [0.2, 0.25) is 0 Å². The Balaban J connectivity index is 2.23. The van der Waals surface area contributed by atoms with E-state index in [0.29, 0.717) is 11.4 Å². The standard InChI is InChI=1S/C12H14FN3/c1-14-10-3-4-11(13)12(9-10)16-7-5-15(2)6-8-16/h3-4,9H,5-8H2,2H3. The summed E-state index contributed by atoms with van der Waals surface area (Å²) in [5.41, 5.74) is 1.05. The minimum absolute atomic E-state index is 0.239. The largest absolute Gasteiger partial charge is 0.368 e. The van der Waals surface area contributed by atoms with Crippen LogP contribution in [0.3, 0.4) is 0 Å². The lowest BCUT2D eigenvalue weighted by atomic mass is 10.2. The summed E-state index contributed by atoms with van der Waals surface area (Å²) in [5, 5.41) is 0. The topological polar surface area (TPSA) is 10.8 Å². The normalized spacial score (nSPS) is 17.2. The average Bonchev–Trinajstić information content (AvgIpc) is 2.31. The van der Waals surface area contributed by atoms with Crippen molar-refractivity contribution in [2.45, 2.75) is 0 Å². The van der Waals surface area contributed by atoms with Gasteiger partial charge in [-0.15, -0.1) is 0 Å². The predicted molar refractivity (Wildman–Crippen MR) is 62.4 cm³/mol. The molecule has 0 aromatic heterocycles. The van der Waals surface area contributed by atoms with Gasteiger partial charge in [-0.05, 0) is 19.2 Å². The third kappa shape index (κ3) is 2.15. The first-order chi connectivity index (χ1) is 7.70. The first-order valence-corrected chi connectivity index (χ1v) is 5.31. The minimum Gasteiger partial charge on any atom is -0.368 e. The average molecular weight is 219 g/mol. The molecule has 1 aromatic rings. The molecule has 0 aliphatic carbocycles. The van der Waals surface area contributed by atoms with E-state index in [1.54, 1.807) is 6.07 Å². The van der Waals surface area contributed by atoms with Crippen molar-refractivity contribution in [2.75, 3.05) is 38.1 Å². The van der Waals surface area contributed by atoms with Gasteiger partial charge < -0.3 is 9.80 Å². The second-order valence-electron chi connectivity index (χ2n) is 4.04. The van der Waals surface area contributed by atoms with Crippen LogP contribution in [0.4, 0.5) is 15.8 Å². The quantitative estimate of drug-likeness (QED) is 0.670. The van der Waals surface area contributed by atoms with Gasteiger partial charge in [0.15, 0.2) is 5.69 Å².